The highest BCUT2D eigenvalue weighted by Gasteiger charge is 2.31. The van der Waals surface area contributed by atoms with Gasteiger partial charge < -0.3 is 5.73 Å². The Kier molecular flexibility index (Phi) is 2.65. The first-order chi connectivity index (χ1) is 8.25. The van der Waals surface area contributed by atoms with Crippen LogP contribution in [-0.4, -0.2) is 5.91 Å². The van der Waals surface area contributed by atoms with Gasteiger partial charge in [-0.25, -0.2) is 0 Å². The maximum Gasteiger partial charge on any atom is 0.248 e. The van der Waals surface area contributed by atoms with Crippen molar-refractivity contribution in [3.8, 4) is 0 Å². The molecular formula is C15H19NO. The Morgan fingerprint density at radius 1 is 1.18 bits per heavy atom. The van der Waals surface area contributed by atoms with Crippen LogP contribution < -0.4 is 5.73 Å². The minimum absolute atomic E-state index is 0.307. The van der Waals surface area contributed by atoms with Crippen molar-refractivity contribution in [3.63, 3.8) is 0 Å². The number of carbonyl (C=O) groups excluding carboxylic acids is 1. The van der Waals surface area contributed by atoms with Crippen LogP contribution in [0.4, 0.5) is 0 Å². The summed E-state index contributed by atoms with van der Waals surface area (Å²) in [7, 11) is 0. The van der Waals surface area contributed by atoms with Crippen LogP contribution >= 0.6 is 0 Å². The fourth-order valence-electron chi connectivity index (χ4n) is 3.64. The van der Waals surface area contributed by atoms with Crippen LogP contribution in [-0.2, 0) is 6.42 Å². The molecule has 2 aliphatic rings. The molecule has 1 saturated carbocycles. The van der Waals surface area contributed by atoms with E-state index >= 15 is 0 Å². The van der Waals surface area contributed by atoms with E-state index in [1.54, 1.807) is 0 Å². The summed E-state index contributed by atoms with van der Waals surface area (Å²) in [5.41, 5.74) is 8.86. The van der Waals surface area contributed by atoms with Gasteiger partial charge in [-0.15, -0.1) is 0 Å². The molecule has 2 aliphatic carbocycles. The number of fused-ring (bicyclic) bond motifs is 3. The number of hydrogen-bond donors (Lipinski definition) is 1. The molecule has 0 heterocycles. The highest BCUT2D eigenvalue weighted by Crippen LogP contribution is 2.45. The monoisotopic (exact) mass is 229 g/mol. The third-order valence-electron chi connectivity index (χ3n) is 4.52. The second kappa shape index (κ2) is 4.17. The number of aryl methyl sites for hydroxylation is 1. The van der Waals surface area contributed by atoms with Gasteiger partial charge in [-0.05, 0) is 60.8 Å². The fraction of sp³-hybridized carbons (Fsp3) is 0.533. The Morgan fingerprint density at radius 3 is 2.82 bits per heavy atom. The lowest BCUT2D eigenvalue weighted by Gasteiger charge is -2.37. The number of primary amides is 1. The lowest BCUT2D eigenvalue weighted by Crippen LogP contribution is -2.24. The number of rotatable bonds is 1. The van der Waals surface area contributed by atoms with E-state index in [2.05, 4.69) is 6.07 Å². The molecule has 0 aliphatic heterocycles. The Balaban J connectivity index is 1.97. The third kappa shape index (κ3) is 1.86. The predicted molar refractivity (Wildman–Crippen MR) is 68.0 cm³/mol. The molecule has 1 fully saturated rings. The van der Waals surface area contributed by atoms with Crippen molar-refractivity contribution < 1.29 is 4.79 Å². The van der Waals surface area contributed by atoms with Gasteiger partial charge in [0.15, 0.2) is 0 Å². The first kappa shape index (κ1) is 10.8. The van der Waals surface area contributed by atoms with Crippen molar-refractivity contribution in [2.24, 2.45) is 11.7 Å². The van der Waals surface area contributed by atoms with E-state index in [0.29, 0.717) is 5.56 Å². The number of carbonyl (C=O) groups is 1. The average Bonchev–Trinajstić information content (AvgIpc) is 2.38. The molecule has 0 saturated heterocycles. The summed E-state index contributed by atoms with van der Waals surface area (Å²) in [4.78, 5) is 11.2. The molecule has 2 atom stereocenters. The van der Waals surface area contributed by atoms with Gasteiger partial charge in [0.1, 0.15) is 0 Å². The third-order valence-corrected chi connectivity index (χ3v) is 4.52. The average molecular weight is 229 g/mol. The van der Waals surface area contributed by atoms with Crippen LogP contribution in [0.25, 0.3) is 0 Å². The molecule has 0 spiro atoms. The summed E-state index contributed by atoms with van der Waals surface area (Å²) in [5.74, 6) is 1.32. The number of nitrogens with two attached hydrogens (primary N) is 1. The van der Waals surface area contributed by atoms with Gasteiger partial charge in [-0.2, -0.15) is 0 Å². The summed E-state index contributed by atoms with van der Waals surface area (Å²) in [5, 5.41) is 0. The van der Waals surface area contributed by atoms with Crippen LogP contribution in [0.3, 0.4) is 0 Å². The molecule has 1 aromatic rings. The molecule has 1 amide bonds. The smallest absolute Gasteiger partial charge is 0.248 e. The highest BCUT2D eigenvalue weighted by molar-refractivity contribution is 5.93. The van der Waals surface area contributed by atoms with Gasteiger partial charge in [0, 0.05) is 5.56 Å². The van der Waals surface area contributed by atoms with Crippen LogP contribution in [0, 0.1) is 5.92 Å². The molecule has 0 radical (unpaired) electrons. The molecule has 2 nitrogen and oxygen atoms in total. The van der Waals surface area contributed by atoms with Gasteiger partial charge in [-0.1, -0.05) is 18.9 Å². The maximum absolute atomic E-state index is 11.2. The predicted octanol–water partition coefficient (Wildman–Crippen LogP) is 3.01. The van der Waals surface area contributed by atoms with Gasteiger partial charge in [0.05, 0.1) is 0 Å². The Morgan fingerprint density at radius 2 is 2.00 bits per heavy atom. The van der Waals surface area contributed by atoms with Crippen molar-refractivity contribution in [2.45, 2.75) is 44.4 Å². The van der Waals surface area contributed by atoms with E-state index < -0.39 is 0 Å². The molecule has 0 aromatic heterocycles. The zero-order chi connectivity index (χ0) is 11.8. The summed E-state index contributed by atoms with van der Waals surface area (Å²) in [6, 6.07) is 6.07. The zero-order valence-electron chi connectivity index (χ0n) is 10.1. The van der Waals surface area contributed by atoms with Crippen molar-refractivity contribution in [2.75, 3.05) is 0 Å². The number of amides is 1. The fourth-order valence-corrected chi connectivity index (χ4v) is 3.64. The van der Waals surface area contributed by atoms with Gasteiger partial charge in [0.25, 0.3) is 0 Å². The lowest BCUT2D eigenvalue weighted by atomic mass is 9.68. The zero-order valence-corrected chi connectivity index (χ0v) is 10.1. The van der Waals surface area contributed by atoms with Crippen molar-refractivity contribution in [1.82, 2.24) is 0 Å². The minimum atomic E-state index is -0.307. The second-order valence-corrected chi connectivity index (χ2v) is 5.47. The molecule has 2 N–H and O–H groups in total. The molecule has 2 heteroatoms. The number of benzene rings is 1. The number of hydrogen-bond acceptors (Lipinski definition) is 1. The SMILES string of the molecule is NC(=O)c1ccc2c(c1)CCC1CCCCC21. The van der Waals surface area contributed by atoms with E-state index in [4.69, 9.17) is 5.73 Å². The first-order valence-electron chi connectivity index (χ1n) is 6.68. The summed E-state index contributed by atoms with van der Waals surface area (Å²) < 4.78 is 0. The topological polar surface area (TPSA) is 43.1 Å². The minimum Gasteiger partial charge on any atom is -0.366 e. The van der Waals surface area contributed by atoms with Crippen LogP contribution in [0.5, 0.6) is 0 Å². The largest absolute Gasteiger partial charge is 0.366 e. The van der Waals surface area contributed by atoms with Crippen LogP contribution in [0.2, 0.25) is 0 Å². The lowest BCUT2D eigenvalue weighted by molar-refractivity contribution is 0.1000. The highest BCUT2D eigenvalue weighted by atomic mass is 16.1. The molecule has 17 heavy (non-hydrogen) atoms. The van der Waals surface area contributed by atoms with Crippen LogP contribution in [0.15, 0.2) is 18.2 Å². The van der Waals surface area contributed by atoms with Crippen molar-refractivity contribution in [3.05, 3.63) is 34.9 Å². The van der Waals surface area contributed by atoms with Gasteiger partial charge >= 0.3 is 0 Å². The van der Waals surface area contributed by atoms with E-state index in [0.717, 1.165) is 18.3 Å². The molecule has 90 valence electrons. The summed E-state index contributed by atoms with van der Waals surface area (Å²) in [6.45, 7) is 0. The maximum atomic E-state index is 11.2. The van der Waals surface area contributed by atoms with E-state index in [1.165, 1.54) is 43.2 Å². The van der Waals surface area contributed by atoms with Crippen LogP contribution in [0.1, 0.15) is 59.5 Å². The molecule has 2 unspecified atom stereocenters. The quantitative estimate of drug-likeness (QED) is 0.790. The van der Waals surface area contributed by atoms with E-state index in [1.807, 2.05) is 12.1 Å². The summed E-state index contributed by atoms with van der Waals surface area (Å²) in [6.07, 6.45) is 7.89. The molecular weight excluding hydrogens is 210 g/mol. The Labute approximate surface area is 102 Å². The second-order valence-electron chi connectivity index (χ2n) is 5.47. The van der Waals surface area contributed by atoms with Crippen molar-refractivity contribution in [1.29, 1.82) is 0 Å². The normalized spacial score (nSPS) is 27.1. The Bertz CT molecular complexity index is 452. The summed E-state index contributed by atoms with van der Waals surface area (Å²) >= 11 is 0. The van der Waals surface area contributed by atoms with E-state index in [9.17, 15) is 4.79 Å². The van der Waals surface area contributed by atoms with Crippen molar-refractivity contribution >= 4 is 5.91 Å². The van der Waals surface area contributed by atoms with Gasteiger partial charge in [0.2, 0.25) is 5.91 Å². The Hall–Kier alpha value is -1.31. The first-order valence-corrected chi connectivity index (χ1v) is 6.68. The standard InChI is InChI=1S/C15H19NO/c16-15(17)12-7-8-14-11(9-12)6-5-10-3-1-2-4-13(10)14/h7-10,13H,1-6H2,(H2,16,17). The molecule has 0 bridgehead atoms. The van der Waals surface area contributed by atoms with Gasteiger partial charge in [-0.3, -0.25) is 4.79 Å². The van der Waals surface area contributed by atoms with E-state index in [-0.39, 0.29) is 5.91 Å². The molecule has 3 rings (SSSR count). The molecule has 1 aromatic carbocycles.